The SMILES string of the molecule is CCn1c(=O)nc(Nc2ccc(Oc3ccc(C=O)nc3)cc2)n(Cc2ccc(Cl)cn2)c1=O. The topological polar surface area (TPSA) is 121 Å². The van der Waals surface area contributed by atoms with Gasteiger partial charge in [-0.1, -0.05) is 11.6 Å². The fraction of sp³-hybridized carbons (Fsp3) is 0.130. The summed E-state index contributed by atoms with van der Waals surface area (Å²) in [5.74, 6) is 1.09. The lowest BCUT2D eigenvalue weighted by atomic mass is 10.3. The van der Waals surface area contributed by atoms with Crippen LogP contribution in [0.1, 0.15) is 23.1 Å². The molecule has 1 aromatic carbocycles. The van der Waals surface area contributed by atoms with Crippen molar-refractivity contribution in [1.82, 2.24) is 24.1 Å². The van der Waals surface area contributed by atoms with Crippen LogP contribution < -0.4 is 21.4 Å². The van der Waals surface area contributed by atoms with Crippen LogP contribution in [0.25, 0.3) is 0 Å². The van der Waals surface area contributed by atoms with Gasteiger partial charge < -0.3 is 10.1 Å². The van der Waals surface area contributed by atoms with E-state index in [1.807, 2.05) is 0 Å². The molecule has 3 heterocycles. The number of benzene rings is 1. The number of carbonyl (C=O) groups excluding carboxylic acids is 1. The molecule has 0 spiro atoms. The van der Waals surface area contributed by atoms with Crippen LogP contribution in [0.3, 0.4) is 0 Å². The van der Waals surface area contributed by atoms with Gasteiger partial charge in [0.1, 0.15) is 17.2 Å². The van der Waals surface area contributed by atoms with Crippen LogP contribution in [0.2, 0.25) is 5.02 Å². The van der Waals surface area contributed by atoms with Crippen molar-refractivity contribution < 1.29 is 9.53 Å². The molecule has 0 amide bonds. The number of aldehydes is 1. The summed E-state index contributed by atoms with van der Waals surface area (Å²) in [6.07, 6.45) is 3.59. The van der Waals surface area contributed by atoms with Gasteiger partial charge in [-0.25, -0.2) is 19.1 Å². The number of anilines is 2. The third kappa shape index (κ3) is 5.18. The zero-order chi connectivity index (χ0) is 24.1. The van der Waals surface area contributed by atoms with E-state index in [2.05, 4.69) is 20.3 Å². The van der Waals surface area contributed by atoms with E-state index in [4.69, 9.17) is 16.3 Å². The van der Waals surface area contributed by atoms with Crippen LogP contribution in [0.4, 0.5) is 11.6 Å². The average Bonchev–Trinajstić information content (AvgIpc) is 2.84. The minimum absolute atomic E-state index is 0.0822. The molecule has 10 nitrogen and oxygen atoms in total. The highest BCUT2D eigenvalue weighted by Gasteiger charge is 2.14. The standard InChI is InChI=1S/C23H19ClN6O4/c1-2-29-22(32)28-21(30(23(29)33)13-17-4-3-15(24)11-25-17)27-16-5-8-19(9-6-16)34-20-10-7-18(14-31)26-12-20/h3-12,14H,2,13H2,1H3,(H,27,28,32). The molecule has 3 aromatic heterocycles. The summed E-state index contributed by atoms with van der Waals surface area (Å²) in [7, 11) is 0. The lowest BCUT2D eigenvalue weighted by Gasteiger charge is -2.15. The van der Waals surface area contributed by atoms with Gasteiger partial charge >= 0.3 is 11.4 Å². The zero-order valence-corrected chi connectivity index (χ0v) is 18.8. The lowest BCUT2D eigenvalue weighted by molar-refractivity contribution is 0.111. The molecule has 1 N–H and O–H groups in total. The lowest BCUT2D eigenvalue weighted by Crippen LogP contribution is -2.42. The first-order valence-electron chi connectivity index (χ1n) is 10.2. The number of rotatable bonds is 8. The molecule has 11 heteroatoms. The summed E-state index contributed by atoms with van der Waals surface area (Å²) in [5.41, 5.74) is 0.314. The van der Waals surface area contributed by atoms with E-state index in [9.17, 15) is 14.4 Å². The van der Waals surface area contributed by atoms with E-state index in [1.54, 1.807) is 55.5 Å². The molecular formula is C23H19ClN6O4. The number of ether oxygens (including phenoxy) is 1. The number of hydrogen-bond donors (Lipinski definition) is 1. The third-order valence-corrected chi connectivity index (χ3v) is 5.02. The minimum Gasteiger partial charge on any atom is -0.456 e. The van der Waals surface area contributed by atoms with E-state index in [0.29, 0.717) is 39.9 Å². The fourth-order valence-electron chi connectivity index (χ4n) is 3.09. The van der Waals surface area contributed by atoms with Crippen LogP contribution in [0, 0.1) is 0 Å². The second-order valence-corrected chi connectivity index (χ2v) is 7.52. The second-order valence-electron chi connectivity index (χ2n) is 7.09. The van der Waals surface area contributed by atoms with E-state index < -0.39 is 11.4 Å². The number of nitrogens with zero attached hydrogens (tertiary/aromatic N) is 5. The Bertz CT molecular complexity index is 1410. The summed E-state index contributed by atoms with van der Waals surface area (Å²) in [5, 5.41) is 3.50. The minimum atomic E-state index is -0.651. The highest BCUT2D eigenvalue weighted by molar-refractivity contribution is 6.30. The fourth-order valence-corrected chi connectivity index (χ4v) is 3.20. The Morgan fingerprint density at radius 2 is 1.74 bits per heavy atom. The first kappa shape index (κ1) is 22.9. The molecule has 0 aliphatic rings. The largest absolute Gasteiger partial charge is 0.456 e. The highest BCUT2D eigenvalue weighted by Crippen LogP contribution is 2.23. The molecule has 0 fully saturated rings. The predicted molar refractivity (Wildman–Crippen MR) is 126 cm³/mol. The van der Waals surface area contributed by atoms with Crippen LogP contribution in [-0.4, -0.2) is 30.4 Å². The molecule has 0 aliphatic carbocycles. The van der Waals surface area contributed by atoms with Crippen molar-refractivity contribution in [2.75, 3.05) is 5.32 Å². The van der Waals surface area contributed by atoms with Crippen molar-refractivity contribution in [3.8, 4) is 11.5 Å². The van der Waals surface area contributed by atoms with Crippen LogP contribution in [0.5, 0.6) is 11.5 Å². The van der Waals surface area contributed by atoms with Crippen molar-refractivity contribution in [3.63, 3.8) is 0 Å². The Kier molecular flexibility index (Phi) is 6.79. The van der Waals surface area contributed by atoms with E-state index >= 15 is 0 Å². The monoisotopic (exact) mass is 478 g/mol. The van der Waals surface area contributed by atoms with Gasteiger partial charge in [-0.3, -0.25) is 14.3 Å². The van der Waals surface area contributed by atoms with E-state index in [1.165, 1.54) is 17.0 Å². The molecule has 34 heavy (non-hydrogen) atoms. The van der Waals surface area contributed by atoms with Gasteiger partial charge in [0.15, 0.2) is 6.29 Å². The van der Waals surface area contributed by atoms with Crippen molar-refractivity contribution in [1.29, 1.82) is 0 Å². The smallest absolute Gasteiger partial charge is 0.354 e. The van der Waals surface area contributed by atoms with E-state index in [0.717, 1.165) is 4.57 Å². The van der Waals surface area contributed by atoms with Gasteiger partial charge in [-0.05, 0) is 55.5 Å². The van der Waals surface area contributed by atoms with E-state index in [-0.39, 0.29) is 19.0 Å². The van der Waals surface area contributed by atoms with Crippen LogP contribution >= 0.6 is 11.6 Å². The van der Waals surface area contributed by atoms with Crippen LogP contribution in [0.15, 0.2) is 70.5 Å². The molecule has 0 saturated heterocycles. The Labute approximate surface area is 198 Å². The second kappa shape index (κ2) is 10.1. The molecular weight excluding hydrogens is 460 g/mol. The van der Waals surface area contributed by atoms with Gasteiger partial charge in [0.25, 0.3) is 0 Å². The maximum Gasteiger partial charge on any atom is 0.354 e. The summed E-state index contributed by atoms with van der Waals surface area (Å²) in [6, 6.07) is 13.4. The molecule has 0 atom stereocenters. The molecule has 0 radical (unpaired) electrons. The predicted octanol–water partition coefficient (Wildman–Crippen LogP) is 3.27. The summed E-state index contributed by atoms with van der Waals surface area (Å²) >= 11 is 5.90. The Morgan fingerprint density at radius 1 is 0.971 bits per heavy atom. The van der Waals surface area contributed by atoms with Crippen molar-refractivity contribution in [2.45, 2.75) is 20.0 Å². The Morgan fingerprint density at radius 3 is 2.35 bits per heavy atom. The first-order valence-corrected chi connectivity index (χ1v) is 10.6. The molecule has 0 unspecified atom stereocenters. The number of carbonyl (C=O) groups is 1. The third-order valence-electron chi connectivity index (χ3n) is 4.80. The van der Waals surface area contributed by atoms with Crippen molar-refractivity contribution >= 4 is 29.5 Å². The molecule has 172 valence electrons. The molecule has 0 saturated carbocycles. The number of aromatic nitrogens is 5. The molecule has 4 aromatic rings. The number of pyridine rings is 2. The van der Waals surface area contributed by atoms with Crippen LogP contribution in [-0.2, 0) is 13.1 Å². The molecule has 4 rings (SSSR count). The summed E-state index contributed by atoms with van der Waals surface area (Å²) in [4.78, 5) is 48.3. The normalized spacial score (nSPS) is 10.6. The zero-order valence-electron chi connectivity index (χ0n) is 18.0. The van der Waals surface area contributed by atoms with Gasteiger partial charge in [0, 0.05) is 18.4 Å². The highest BCUT2D eigenvalue weighted by atomic mass is 35.5. The Balaban J connectivity index is 1.59. The number of halogens is 1. The first-order chi connectivity index (χ1) is 16.5. The van der Waals surface area contributed by atoms with Crippen molar-refractivity contribution in [3.05, 3.63) is 98.3 Å². The Hall–Kier alpha value is -4.31. The quantitative estimate of drug-likeness (QED) is 0.383. The molecule has 0 bridgehead atoms. The number of nitrogens with one attached hydrogen (secondary N) is 1. The maximum atomic E-state index is 13.0. The van der Waals surface area contributed by atoms with Gasteiger partial charge in [-0.2, -0.15) is 4.98 Å². The van der Waals surface area contributed by atoms with Gasteiger partial charge in [0.2, 0.25) is 5.95 Å². The molecule has 0 aliphatic heterocycles. The maximum absolute atomic E-state index is 13.0. The van der Waals surface area contributed by atoms with Gasteiger partial charge in [0.05, 0.1) is 23.5 Å². The summed E-state index contributed by atoms with van der Waals surface area (Å²) < 4.78 is 8.10. The van der Waals surface area contributed by atoms with Crippen molar-refractivity contribution in [2.24, 2.45) is 0 Å². The summed E-state index contributed by atoms with van der Waals surface area (Å²) in [6.45, 7) is 1.98. The average molecular weight is 479 g/mol. The number of hydrogen-bond acceptors (Lipinski definition) is 8. The van der Waals surface area contributed by atoms with Gasteiger partial charge in [-0.15, -0.1) is 0 Å².